The second kappa shape index (κ2) is 8.65. The van der Waals surface area contributed by atoms with Gasteiger partial charge in [0, 0.05) is 36.5 Å². The van der Waals surface area contributed by atoms with E-state index in [4.69, 9.17) is 21.1 Å². The summed E-state index contributed by atoms with van der Waals surface area (Å²) in [4.78, 5) is 2.47. The first-order valence-corrected chi connectivity index (χ1v) is 9.72. The number of fused-ring (bicyclic) bond motifs is 2. The van der Waals surface area contributed by atoms with E-state index in [1.807, 2.05) is 36.0 Å². The van der Waals surface area contributed by atoms with Crippen LogP contribution in [0, 0.1) is 0 Å². The number of thioether (sulfide) groups is 1. The predicted molar refractivity (Wildman–Crippen MR) is 107 cm³/mol. The Balaban J connectivity index is 0.00000182. The summed E-state index contributed by atoms with van der Waals surface area (Å²) in [6.45, 7) is 4.86. The van der Waals surface area contributed by atoms with Gasteiger partial charge >= 0.3 is 0 Å². The standard InChI is InChI=1S/C19H20ClNO2S.ClH/c20-16-6-3-5-15-18(16)23-17-7-2-1-4-14(17)19(15)24-13-10-21-8-11-22-12-9-21;/h1-7,19H,8-13H2;1H. The maximum Gasteiger partial charge on any atom is 0.150 e. The first-order chi connectivity index (χ1) is 11.8. The van der Waals surface area contributed by atoms with E-state index < -0.39 is 0 Å². The number of hydrogen-bond acceptors (Lipinski definition) is 4. The van der Waals surface area contributed by atoms with Crippen molar-refractivity contribution in [1.82, 2.24) is 4.90 Å². The SMILES string of the molecule is Cl.Clc1cccc2c1Oc1ccccc1C2SCCN1CCOCC1. The van der Waals surface area contributed by atoms with Crippen molar-refractivity contribution in [3.8, 4) is 11.5 Å². The Kier molecular flexibility index (Phi) is 6.53. The molecule has 1 atom stereocenters. The second-order valence-corrected chi connectivity index (χ2v) is 7.62. The smallest absolute Gasteiger partial charge is 0.150 e. The van der Waals surface area contributed by atoms with Gasteiger partial charge in [-0.1, -0.05) is 41.9 Å². The molecule has 2 aliphatic heterocycles. The second-order valence-electron chi connectivity index (χ2n) is 6.00. The van der Waals surface area contributed by atoms with Gasteiger partial charge in [0.05, 0.1) is 23.5 Å². The van der Waals surface area contributed by atoms with E-state index >= 15 is 0 Å². The average Bonchev–Trinajstić information content (AvgIpc) is 2.63. The lowest BCUT2D eigenvalue weighted by molar-refractivity contribution is 0.0410. The van der Waals surface area contributed by atoms with Gasteiger partial charge in [0.1, 0.15) is 5.75 Å². The summed E-state index contributed by atoms with van der Waals surface area (Å²) in [7, 11) is 0. The maximum absolute atomic E-state index is 6.37. The Morgan fingerprint density at radius 3 is 2.64 bits per heavy atom. The lowest BCUT2D eigenvalue weighted by Crippen LogP contribution is -2.37. The molecule has 2 aliphatic rings. The molecule has 0 aliphatic carbocycles. The largest absolute Gasteiger partial charge is 0.455 e. The van der Waals surface area contributed by atoms with Gasteiger partial charge in [0.2, 0.25) is 0 Å². The molecule has 6 heteroatoms. The third kappa shape index (κ3) is 4.09. The molecule has 4 rings (SSSR count). The van der Waals surface area contributed by atoms with E-state index in [1.54, 1.807) is 0 Å². The van der Waals surface area contributed by atoms with E-state index in [0.29, 0.717) is 5.02 Å². The summed E-state index contributed by atoms with van der Waals surface area (Å²) >= 11 is 8.34. The highest BCUT2D eigenvalue weighted by molar-refractivity contribution is 7.99. The molecule has 0 bridgehead atoms. The Morgan fingerprint density at radius 2 is 1.80 bits per heavy atom. The molecular formula is C19H21Cl2NO2S. The molecule has 0 aromatic heterocycles. The van der Waals surface area contributed by atoms with E-state index in [-0.39, 0.29) is 17.7 Å². The Morgan fingerprint density at radius 1 is 1.04 bits per heavy atom. The van der Waals surface area contributed by atoms with Gasteiger partial charge in [-0.05, 0) is 12.1 Å². The fraction of sp³-hybridized carbons (Fsp3) is 0.368. The van der Waals surface area contributed by atoms with Gasteiger partial charge in [0.15, 0.2) is 5.75 Å². The van der Waals surface area contributed by atoms with Gasteiger partial charge in [-0.15, -0.1) is 24.2 Å². The van der Waals surface area contributed by atoms with Crippen LogP contribution in [0.15, 0.2) is 42.5 Å². The minimum atomic E-state index is 0. The maximum atomic E-state index is 6.37. The van der Waals surface area contributed by atoms with Crippen molar-refractivity contribution >= 4 is 35.8 Å². The molecule has 25 heavy (non-hydrogen) atoms. The number of hydrogen-bond donors (Lipinski definition) is 0. The van der Waals surface area contributed by atoms with Crippen LogP contribution >= 0.6 is 35.8 Å². The molecule has 0 N–H and O–H groups in total. The number of nitrogens with zero attached hydrogens (tertiary/aromatic N) is 1. The normalized spacial score (nSPS) is 19.3. The first kappa shape index (κ1) is 18.9. The van der Waals surface area contributed by atoms with Gasteiger partial charge < -0.3 is 9.47 Å². The van der Waals surface area contributed by atoms with Crippen LogP contribution in [0.25, 0.3) is 0 Å². The molecular weight excluding hydrogens is 377 g/mol. The van der Waals surface area contributed by atoms with E-state index in [9.17, 15) is 0 Å². The zero-order valence-electron chi connectivity index (χ0n) is 13.8. The number of halogens is 2. The molecule has 0 saturated carbocycles. The summed E-state index contributed by atoms with van der Waals surface area (Å²) in [5.74, 6) is 2.80. The van der Waals surface area contributed by atoms with Crippen LogP contribution in [-0.4, -0.2) is 43.5 Å². The molecule has 2 aromatic rings. The molecule has 2 aromatic carbocycles. The van der Waals surface area contributed by atoms with Crippen molar-refractivity contribution in [2.75, 3.05) is 38.6 Å². The number of rotatable bonds is 4. The van der Waals surface area contributed by atoms with E-state index in [0.717, 1.165) is 50.1 Å². The summed E-state index contributed by atoms with van der Waals surface area (Å²) in [5.41, 5.74) is 2.41. The molecule has 0 spiro atoms. The molecule has 1 unspecified atom stereocenters. The van der Waals surface area contributed by atoms with Gasteiger partial charge in [-0.3, -0.25) is 4.90 Å². The van der Waals surface area contributed by atoms with Gasteiger partial charge in [-0.25, -0.2) is 0 Å². The molecule has 2 heterocycles. The van der Waals surface area contributed by atoms with Crippen molar-refractivity contribution in [2.24, 2.45) is 0 Å². The van der Waals surface area contributed by atoms with Crippen molar-refractivity contribution in [2.45, 2.75) is 5.25 Å². The van der Waals surface area contributed by atoms with E-state index in [2.05, 4.69) is 23.1 Å². The molecule has 1 saturated heterocycles. The Labute approximate surface area is 164 Å². The average molecular weight is 398 g/mol. The minimum Gasteiger partial charge on any atom is -0.455 e. The van der Waals surface area contributed by atoms with Crippen molar-refractivity contribution in [3.63, 3.8) is 0 Å². The number of ether oxygens (including phenoxy) is 2. The topological polar surface area (TPSA) is 21.7 Å². The molecule has 0 amide bonds. The highest BCUT2D eigenvalue weighted by atomic mass is 35.5. The fourth-order valence-electron chi connectivity index (χ4n) is 3.21. The number of morpholine rings is 1. The summed E-state index contributed by atoms with van der Waals surface area (Å²) < 4.78 is 11.5. The quantitative estimate of drug-likeness (QED) is 0.721. The van der Waals surface area contributed by atoms with Gasteiger partial charge in [0.25, 0.3) is 0 Å². The monoisotopic (exact) mass is 397 g/mol. The summed E-state index contributed by atoms with van der Waals surface area (Å²) in [5, 5.41) is 0.950. The summed E-state index contributed by atoms with van der Waals surface area (Å²) in [6.07, 6.45) is 0. The number of benzene rings is 2. The van der Waals surface area contributed by atoms with Crippen molar-refractivity contribution in [3.05, 3.63) is 58.6 Å². The Hall–Kier alpha value is -0.910. The Bertz CT molecular complexity index is 722. The van der Waals surface area contributed by atoms with Crippen LogP contribution in [0.2, 0.25) is 5.02 Å². The van der Waals surface area contributed by atoms with Crippen molar-refractivity contribution < 1.29 is 9.47 Å². The van der Waals surface area contributed by atoms with Crippen LogP contribution in [0.3, 0.4) is 0 Å². The molecule has 0 radical (unpaired) electrons. The van der Waals surface area contributed by atoms with Crippen LogP contribution in [0.5, 0.6) is 11.5 Å². The predicted octanol–water partition coefficient (Wildman–Crippen LogP) is 5.02. The minimum absolute atomic E-state index is 0. The van der Waals surface area contributed by atoms with Crippen molar-refractivity contribution in [1.29, 1.82) is 0 Å². The zero-order valence-corrected chi connectivity index (χ0v) is 16.2. The lowest BCUT2D eigenvalue weighted by atomic mass is 10.00. The molecule has 134 valence electrons. The van der Waals surface area contributed by atoms with Crippen LogP contribution < -0.4 is 4.74 Å². The van der Waals surface area contributed by atoms with E-state index in [1.165, 1.54) is 11.1 Å². The van der Waals surface area contributed by atoms with Gasteiger partial charge in [-0.2, -0.15) is 0 Å². The zero-order chi connectivity index (χ0) is 16.4. The van der Waals surface area contributed by atoms with Crippen LogP contribution in [-0.2, 0) is 4.74 Å². The van der Waals surface area contributed by atoms with Crippen LogP contribution in [0.4, 0.5) is 0 Å². The fourth-order valence-corrected chi connectivity index (χ4v) is 4.77. The summed E-state index contributed by atoms with van der Waals surface area (Å²) in [6, 6.07) is 14.3. The van der Waals surface area contributed by atoms with Crippen LogP contribution in [0.1, 0.15) is 16.4 Å². The third-order valence-electron chi connectivity index (χ3n) is 4.49. The number of para-hydroxylation sites is 2. The highest BCUT2D eigenvalue weighted by Gasteiger charge is 2.28. The first-order valence-electron chi connectivity index (χ1n) is 8.30. The molecule has 1 fully saturated rings. The lowest BCUT2D eigenvalue weighted by Gasteiger charge is -2.30. The highest BCUT2D eigenvalue weighted by Crippen LogP contribution is 2.51. The third-order valence-corrected chi connectivity index (χ3v) is 6.05. The molecule has 3 nitrogen and oxygen atoms in total.